The lowest BCUT2D eigenvalue weighted by Crippen LogP contribution is -2.35. The summed E-state index contributed by atoms with van der Waals surface area (Å²) in [5.41, 5.74) is -0.0938. The van der Waals surface area contributed by atoms with E-state index >= 15 is 0 Å². The van der Waals surface area contributed by atoms with Crippen molar-refractivity contribution in [3.63, 3.8) is 0 Å². The molecule has 5 heteroatoms. The van der Waals surface area contributed by atoms with Gasteiger partial charge in [0, 0.05) is 21.7 Å². The van der Waals surface area contributed by atoms with Crippen molar-refractivity contribution < 1.29 is 8.42 Å². The topological polar surface area (TPSA) is 46.2 Å². The standard InChI is InChI=1S/C13H21NO2S2/c1-3-11-4-5-12(17-11)8-13(9-14-2)6-7-18(15,16)10-13/h4-5,14H,3,6-10H2,1-2H3. The van der Waals surface area contributed by atoms with Crippen LogP contribution >= 0.6 is 11.3 Å². The molecule has 1 aliphatic rings. The van der Waals surface area contributed by atoms with Crippen LogP contribution in [0.5, 0.6) is 0 Å². The number of nitrogens with one attached hydrogen (secondary N) is 1. The lowest BCUT2D eigenvalue weighted by molar-refractivity contribution is 0.323. The summed E-state index contributed by atoms with van der Waals surface area (Å²) >= 11 is 1.82. The molecule has 2 rings (SSSR count). The van der Waals surface area contributed by atoms with Crippen molar-refractivity contribution in [1.82, 2.24) is 5.32 Å². The van der Waals surface area contributed by atoms with Gasteiger partial charge in [0.25, 0.3) is 0 Å². The molecule has 18 heavy (non-hydrogen) atoms. The van der Waals surface area contributed by atoms with Crippen LogP contribution in [0, 0.1) is 5.41 Å². The van der Waals surface area contributed by atoms with Crippen LogP contribution in [0.4, 0.5) is 0 Å². The summed E-state index contributed by atoms with van der Waals surface area (Å²) in [5.74, 6) is 0.681. The first-order valence-corrected chi connectivity index (χ1v) is 9.05. The van der Waals surface area contributed by atoms with Gasteiger partial charge in [-0.25, -0.2) is 8.42 Å². The zero-order valence-corrected chi connectivity index (χ0v) is 12.7. The van der Waals surface area contributed by atoms with Crippen molar-refractivity contribution in [3.05, 3.63) is 21.9 Å². The number of aryl methyl sites for hydroxylation is 1. The molecule has 1 N–H and O–H groups in total. The number of sulfone groups is 1. The molecule has 102 valence electrons. The first-order chi connectivity index (χ1) is 8.49. The van der Waals surface area contributed by atoms with E-state index in [2.05, 4.69) is 24.4 Å². The highest BCUT2D eigenvalue weighted by atomic mass is 32.2. The molecule has 0 aliphatic carbocycles. The predicted molar refractivity (Wildman–Crippen MR) is 77.0 cm³/mol. The minimum absolute atomic E-state index is 0.0938. The molecule has 1 atom stereocenters. The van der Waals surface area contributed by atoms with Crippen LogP contribution in [0.15, 0.2) is 12.1 Å². The molecule has 0 bridgehead atoms. The average Bonchev–Trinajstić information content (AvgIpc) is 2.85. The lowest BCUT2D eigenvalue weighted by atomic mass is 9.83. The molecule has 1 saturated heterocycles. The fourth-order valence-electron chi connectivity index (χ4n) is 2.78. The molecule has 0 amide bonds. The lowest BCUT2D eigenvalue weighted by Gasteiger charge is -2.26. The van der Waals surface area contributed by atoms with E-state index in [9.17, 15) is 8.42 Å². The molecule has 0 aromatic carbocycles. The summed E-state index contributed by atoms with van der Waals surface area (Å²) in [5, 5.41) is 3.17. The van der Waals surface area contributed by atoms with Gasteiger partial charge in [-0.15, -0.1) is 11.3 Å². The Morgan fingerprint density at radius 2 is 2.11 bits per heavy atom. The van der Waals surface area contributed by atoms with Crippen LogP contribution in [0.1, 0.15) is 23.1 Å². The minimum Gasteiger partial charge on any atom is -0.319 e. The minimum atomic E-state index is -2.83. The Labute approximate surface area is 114 Å². The highest BCUT2D eigenvalue weighted by Crippen LogP contribution is 2.37. The Kier molecular flexibility index (Phi) is 4.14. The van der Waals surface area contributed by atoms with Gasteiger partial charge in [-0.1, -0.05) is 6.92 Å². The molecule has 3 nitrogen and oxygen atoms in total. The Hall–Kier alpha value is -0.390. The summed E-state index contributed by atoms with van der Waals surface area (Å²) in [6.45, 7) is 2.94. The molecule has 1 aromatic rings. The molecule has 1 fully saturated rings. The SMILES string of the molecule is CCc1ccc(CC2(CNC)CCS(=O)(=O)C2)s1. The van der Waals surface area contributed by atoms with Gasteiger partial charge in [-0.3, -0.25) is 0 Å². The molecular formula is C13H21NO2S2. The molecule has 1 unspecified atom stereocenters. The second kappa shape index (κ2) is 5.31. The number of rotatable bonds is 5. The summed E-state index contributed by atoms with van der Waals surface area (Å²) in [4.78, 5) is 2.70. The van der Waals surface area contributed by atoms with Gasteiger partial charge in [0.1, 0.15) is 0 Å². The summed E-state index contributed by atoms with van der Waals surface area (Å²) in [6, 6.07) is 4.32. The van der Waals surface area contributed by atoms with Crippen LogP contribution in [0.25, 0.3) is 0 Å². The Bertz CT molecular complexity index is 507. The normalized spacial score (nSPS) is 26.6. The van der Waals surface area contributed by atoms with Crippen molar-refractivity contribution in [2.24, 2.45) is 5.41 Å². The largest absolute Gasteiger partial charge is 0.319 e. The van der Waals surface area contributed by atoms with Gasteiger partial charge >= 0.3 is 0 Å². The fraction of sp³-hybridized carbons (Fsp3) is 0.692. The molecule has 0 saturated carbocycles. The van der Waals surface area contributed by atoms with E-state index < -0.39 is 9.84 Å². The molecule has 2 heterocycles. The van der Waals surface area contributed by atoms with Crippen molar-refractivity contribution in [3.8, 4) is 0 Å². The first kappa shape index (κ1) is 14.0. The van der Waals surface area contributed by atoms with Crippen molar-refractivity contribution in [1.29, 1.82) is 0 Å². The van der Waals surface area contributed by atoms with Crippen molar-refractivity contribution in [2.75, 3.05) is 25.1 Å². The molecule has 1 aliphatic heterocycles. The van der Waals surface area contributed by atoms with E-state index in [0.717, 1.165) is 25.8 Å². The zero-order valence-electron chi connectivity index (χ0n) is 11.0. The van der Waals surface area contributed by atoms with E-state index in [4.69, 9.17) is 0 Å². The van der Waals surface area contributed by atoms with Crippen molar-refractivity contribution in [2.45, 2.75) is 26.2 Å². The zero-order chi connectivity index (χ0) is 13.2. The maximum absolute atomic E-state index is 11.7. The van der Waals surface area contributed by atoms with E-state index in [1.807, 2.05) is 18.4 Å². The van der Waals surface area contributed by atoms with Gasteiger partial charge in [-0.05, 0) is 38.4 Å². The second-order valence-corrected chi connectivity index (χ2v) is 8.71. The Morgan fingerprint density at radius 1 is 1.39 bits per heavy atom. The quantitative estimate of drug-likeness (QED) is 0.899. The van der Waals surface area contributed by atoms with Gasteiger partial charge in [-0.2, -0.15) is 0 Å². The summed E-state index contributed by atoms with van der Waals surface area (Å²) in [6.07, 6.45) is 2.73. The maximum Gasteiger partial charge on any atom is 0.150 e. The van der Waals surface area contributed by atoms with E-state index in [0.29, 0.717) is 11.5 Å². The van der Waals surface area contributed by atoms with Crippen LogP contribution in [-0.2, 0) is 22.7 Å². The van der Waals surface area contributed by atoms with Crippen LogP contribution < -0.4 is 5.32 Å². The third kappa shape index (κ3) is 3.13. The van der Waals surface area contributed by atoms with Crippen LogP contribution in [-0.4, -0.2) is 33.5 Å². The maximum atomic E-state index is 11.7. The highest BCUT2D eigenvalue weighted by Gasteiger charge is 2.41. The van der Waals surface area contributed by atoms with Gasteiger partial charge in [0.15, 0.2) is 9.84 Å². The third-order valence-corrected chi connectivity index (χ3v) is 6.74. The third-order valence-electron chi connectivity index (χ3n) is 3.64. The fourth-order valence-corrected chi connectivity index (χ4v) is 6.08. The Balaban J connectivity index is 2.16. The smallest absolute Gasteiger partial charge is 0.150 e. The predicted octanol–water partition coefficient (Wildman–Crippen LogP) is 1.88. The highest BCUT2D eigenvalue weighted by molar-refractivity contribution is 7.91. The second-order valence-electron chi connectivity index (χ2n) is 5.27. The Morgan fingerprint density at radius 3 is 2.61 bits per heavy atom. The number of thiophene rings is 1. The van der Waals surface area contributed by atoms with Gasteiger partial charge in [0.2, 0.25) is 0 Å². The van der Waals surface area contributed by atoms with Gasteiger partial charge in [0.05, 0.1) is 11.5 Å². The molecule has 0 spiro atoms. The van der Waals surface area contributed by atoms with E-state index in [1.54, 1.807) is 0 Å². The molecule has 1 aromatic heterocycles. The number of hydrogen-bond acceptors (Lipinski definition) is 4. The van der Waals surface area contributed by atoms with Crippen LogP contribution in [0.2, 0.25) is 0 Å². The average molecular weight is 287 g/mol. The summed E-state index contributed by atoms with van der Waals surface area (Å²) in [7, 11) is -0.929. The monoisotopic (exact) mass is 287 g/mol. The van der Waals surface area contributed by atoms with Gasteiger partial charge < -0.3 is 5.32 Å². The molecule has 0 radical (unpaired) electrons. The molecular weight excluding hydrogens is 266 g/mol. The first-order valence-electron chi connectivity index (χ1n) is 6.41. The summed E-state index contributed by atoms with van der Waals surface area (Å²) < 4.78 is 23.5. The van der Waals surface area contributed by atoms with E-state index in [-0.39, 0.29) is 5.41 Å². The van der Waals surface area contributed by atoms with E-state index in [1.165, 1.54) is 9.75 Å². The van der Waals surface area contributed by atoms with Crippen LogP contribution in [0.3, 0.4) is 0 Å². The number of hydrogen-bond donors (Lipinski definition) is 1. The van der Waals surface area contributed by atoms with Crippen molar-refractivity contribution >= 4 is 21.2 Å².